The number of carbonyl (C=O) groups is 1. The van der Waals surface area contributed by atoms with Gasteiger partial charge in [0.2, 0.25) is 0 Å². The molecule has 1 aromatic carbocycles. The topological polar surface area (TPSA) is 101 Å². The van der Waals surface area contributed by atoms with Crippen LogP contribution in [-0.4, -0.2) is 21.0 Å². The van der Waals surface area contributed by atoms with Crippen LogP contribution in [0.25, 0.3) is 0 Å². The van der Waals surface area contributed by atoms with E-state index in [4.69, 9.17) is 11.6 Å². The Morgan fingerprint density at radius 3 is 2.83 bits per heavy atom. The van der Waals surface area contributed by atoms with Crippen molar-refractivity contribution in [3.05, 3.63) is 51.3 Å². The number of aromatic nitrogens is 2. The second kappa shape index (κ2) is 4.84. The molecular weight excluding hydrogens is 260 g/mol. The molecule has 8 heteroatoms. The smallest absolute Gasteiger partial charge is 0.271 e. The van der Waals surface area contributed by atoms with Crippen molar-refractivity contribution in [1.82, 2.24) is 10.2 Å². The van der Waals surface area contributed by atoms with Gasteiger partial charge >= 0.3 is 0 Å². The predicted octanol–water partition coefficient (Wildman–Crippen LogP) is 2.22. The molecule has 1 amide bonds. The minimum Gasteiger partial charge on any atom is -0.319 e. The molecule has 2 aromatic rings. The number of nitro benzene ring substituents is 1. The Balaban J connectivity index is 2.27. The van der Waals surface area contributed by atoms with Gasteiger partial charge in [-0.05, 0) is 6.07 Å². The van der Waals surface area contributed by atoms with Crippen molar-refractivity contribution in [2.24, 2.45) is 0 Å². The first kappa shape index (κ1) is 12.1. The summed E-state index contributed by atoms with van der Waals surface area (Å²) in [6.07, 6.45) is 2.90. The Labute approximate surface area is 106 Å². The first-order valence-electron chi connectivity index (χ1n) is 4.81. The number of benzene rings is 1. The fraction of sp³-hybridized carbons (Fsp3) is 0. The summed E-state index contributed by atoms with van der Waals surface area (Å²) in [7, 11) is 0. The molecule has 0 aliphatic carbocycles. The number of nitro groups is 1. The highest BCUT2D eigenvalue weighted by atomic mass is 35.5. The van der Waals surface area contributed by atoms with Gasteiger partial charge in [-0.25, -0.2) is 0 Å². The van der Waals surface area contributed by atoms with E-state index < -0.39 is 10.8 Å². The molecule has 18 heavy (non-hydrogen) atoms. The van der Waals surface area contributed by atoms with Crippen molar-refractivity contribution >= 4 is 28.9 Å². The van der Waals surface area contributed by atoms with Gasteiger partial charge in [-0.15, -0.1) is 0 Å². The number of amides is 1. The van der Waals surface area contributed by atoms with Crippen molar-refractivity contribution < 1.29 is 9.72 Å². The molecule has 7 nitrogen and oxygen atoms in total. The maximum absolute atomic E-state index is 11.8. The third kappa shape index (κ3) is 2.64. The molecule has 2 rings (SSSR count). The highest BCUT2D eigenvalue weighted by Gasteiger charge is 2.14. The van der Waals surface area contributed by atoms with Gasteiger partial charge in [-0.2, -0.15) is 5.10 Å². The molecule has 92 valence electrons. The molecule has 0 aliphatic rings. The van der Waals surface area contributed by atoms with Gasteiger partial charge in [-0.3, -0.25) is 20.0 Å². The molecule has 0 saturated heterocycles. The van der Waals surface area contributed by atoms with Crippen LogP contribution in [0.4, 0.5) is 11.4 Å². The van der Waals surface area contributed by atoms with Crippen LogP contribution in [0.1, 0.15) is 10.4 Å². The zero-order valence-electron chi connectivity index (χ0n) is 8.88. The summed E-state index contributed by atoms with van der Waals surface area (Å²) in [5.41, 5.74) is 0.331. The summed E-state index contributed by atoms with van der Waals surface area (Å²) < 4.78 is 0. The fourth-order valence-electron chi connectivity index (χ4n) is 1.33. The van der Waals surface area contributed by atoms with Crippen molar-refractivity contribution in [3.63, 3.8) is 0 Å². The first-order valence-corrected chi connectivity index (χ1v) is 5.19. The lowest BCUT2D eigenvalue weighted by atomic mass is 10.2. The summed E-state index contributed by atoms with van der Waals surface area (Å²) in [6, 6.07) is 3.68. The minimum atomic E-state index is -0.611. The Bertz CT molecular complexity index is 597. The molecule has 0 aliphatic heterocycles. The number of H-pyrrole nitrogens is 1. The number of halogens is 1. The highest BCUT2D eigenvalue weighted by Crippen LogP contribution is 2.21. The number of non-ortho nitro benzene ring substituents is 1. The van der Waals surface area contributed by atoms with Gasteiger partial charge in [-0.1, -0.05) is 11.6 Å². The summed E-state index contributed by atoms with van der Waals surface area (Å²) in [6.45, 7) is 0. The molecule has 0 bridgehead atoms. The van der Waals surface area contributed by atoms with Crippen LogP contribution in [0.3, 0.4) is 0 Å². The lowest BCUT2D eigenvalue weighted by Gasteiger charge is -2.03. The standard InChI is InChI=1S/C10H7ClN4O3/c11-7-1-6(2-9(3-7)15(17)18)10(16)14-8-4-12-13-5-8/h1-5H,(H,12,13)(H,14,16). The maximum Gasteiger partial charge on any atom is 0.271 e. The fourth-order valence-corrected chi connectivity index (χ4v) is 1.56. The molecule has 0 radical (unpaired) electrons. The molecule has 0 fully saturated rings. The molecule has 0 unspecified atom stereocenters. The van der Waals surface area contributed by atoms with Gasteiger partial charge in [0.1, 0.15) is 0 Å². The van der Waals surface area contributed by atoms with E-state index in [1.165, 1.54) is 24.5 Å². The molecule has 1 heterocycles. The van der Waals surface area contributed by atoms with E-state index in [0.29, 0.717) is 5.69 Å². The number of hydrogen-bond acceptors (Lipinski definition) is 4. The number of hydrogen-bond donors (Lipinski definition) is 2. The SMILES string of the molecule is O=C(Nc1cn[nH]c1)c1cc(Cl)cc([N+](=O)[O-])c1. The van der Waals surface area contributed by atoms with Crippen LogP contribution in [0.5, 0.6) is 0 Å². The lowest BCUT2D eigenvalue weighted by molar-refractivity contribution is -0.384. The van der Waals surface area contributed by atoms with Crippen molar-refractivity contribution in [1.29, 1.82) is 0 Å². The molecule has 0 spiro atoms. The van der Waals surface area contributed by atoms with Crippen molar-refractivity contribution in [2.45, 2.75) is 0 Å². The van der Waals surface area contributed by atoms with Crippen LogP contribution in [0.2, 0.25) is 5.02 Å². The minimum absolute atomic E-state index is 0.107. The summed E-state index contributed by atoms with van der Waals surface area (Å²) >= 11 is 5.72. The van der Waals surface area contributed by atoms with E-state index in [1.54, 1.807) is 0 Å². The summed E-state index contributed by atoms with van der Waals surface area (Å²) in [5, 5.41) is 19.5. The number of nitrogens with one attached hydrogen (secondary N) is 2. The molecule has 2 N–H and O–H groups in total. The summed E-state index contributed by atoms with van der Waals surface area (Å²) in [5.74, 6) is -0.498. The van der Waals surface area contributed by atoms with Crippen molar-refractivity contribution in [2.75, 3.05) is 5.32 Å². The third-order valence-corrected chi connectivity index (χ3v) is 2.33. The van der Waals surface area contributed by atoms with Crippen molar-refractivity contribution in [3.8, 4) is 0 Å². The molecular formula is C10H7ClN4O3. The van der Waals surface area contributed by atoms with E-state index >= 15 is 0 Å². The average Bonchev–Trinajstić information content (AvgIpc) is 2.80. The van der Waals surface area contributed by atoms with Crippen LogP contribution >= 0.6 is 11.6 Å². The number of nitrogens with zero attached hydrogens (tertiary/aromatic N) is 2. The zero-order valence-corrected chi connectivity index (χ0v) is 9.64. The number of rotatable bonds is 3. The van der Waals surface area contributed by atoms with Crippen LogP contribution in [0.15, 0.2) is 30.6 Å². The molecule has 1 aromatic heterocycles. The van der Waals surface area contributed by atoms with Crippen LogP contribution < -0.4 is 5.32 Å². The predicted molar refractivity (Wildman–Crippen MR) is 64.6 cm³/mol. The molecule has 0 atom stereocenters. The Morgan fingerprint density at radius 2 is 2.22 bits per heavy atom. The maximum atomic E-state index is 11.8. The normalized spacial score (nSPS) is 10.1. The summed E-state index contributed by atoms with van der Waals surface area (Å²) in [4.78, 5) is 21.8. The monoisotopic (exact) mass is 266 g/mol. The van der Waals surface area contributed by atoms with E-state index in [1.807, 2.05) is 0 Å². The van der Waals surface area contributed by atoms with Crippen LogP contribution in [-0.2, 0) is 0 Å². The van der Waals surface area contributed by atoms with Gasteiger partial charge in [0.25, 0.3) is 11.6 Å². The van der Waals surface area contributed by atoms with E-state index in [2.05, 4.69) is 15.5 Å². The van der Waals surface area contributed by atoms with E-state index in [0.717, 1.165) is 6.07 Å². The first-order chi connectivity index (χ1) is 8.56. The van der Waals surface area contributed by atoms with E-state index in [9.17, 15) is 14.9 Å². The van der Waals surface area contributed by atoms with E-state index in [-0.39, 0.29) is 16.3 Å². The largest absolute Gasteiger partial charge is 0.319 e. The number of aromatic amines is 1. The van der Waals surface area contributed by atoms with Gasteiger partial charge in [0.05, 0.1) is 16.8 Å². The van der Waals surface area contributed by atoms with Gasteiger partial charge in [0.15, 0.2) is 0 Å². The lowest BCUT2D eigenvalue weighted by Crippen LogP contribution is -2.11. The highest BCUT2D eigenvalue weighted by molar-refractivity contribution is 6.31. The molecule has 0 saturated carbocycles. The van der Waals surface area contributed by atoms with Crippen LogP contribution in [0, 0.1) is 10.1 Å². The average molecular weight is 267 g/mol. The second-order valence-corrected chi connectivity index (χ2v) is 3.83. The Kier molecular flexibility index (Phi) is 3.24. The Hall–Kier alpha value is -2.41. The van der Waals surface area contributed by atoms with Gasteiger partial charge in [0, 0.05) is 28.9 Å². The number of anilines is 1. The third-order valence-electron chi connectivity index (χ3n) is 2.11. The quantitative estimate of drug-likeness (QED) is 0.657. The second-order valence-electron chi connectivity index (χ2n) is 3.40. The van der Waals surface area contributed by atoms with Gasteiger partial charge < -0.3 is 5.32 Å². The number of carbonyl (C=O) groups excluding carboxylic acids is 1. The Morgan fingerprint density at radius 1 is 1.44 bits per heavy atom. The zero-order chi connectivity index (χ0) is 13.1.